The Labute approximate surface area is 80.8 Å². The molecule has 0 saturated heterocycles. The van der Waals surface area contributed by atoms with Crippen molar-refractivity contribution in [2.45, 2.75) is 45.1 Å². The summed E-state index contributed by atoms with van der Waals surface area (Å²) >= 11 is 0. The second-order valence-corrected chi connectivity index (χ2v) is 3.18. The topological polar surface area (TPSA) is 56.0 Å². The quantitative estimate of drug-likeness (QED) is 0.561. The maximum absolute atomic E-state index is 8.62. The smallest absolute Gasteiger partial charge is 0.0950 e. The van der Waals surface area contributed by atoms with Crippen LogP contribution in [0, 0.1) is 11.3 Å². The largest absolute Gasteiger partial charge is 0.396 e. The van der Waals surface area contributed by atoms with Gasteiger partial charge in [0.05, 0.1) is 12.1 Å². The van der Waals surface area contributed by atoms with Gasteiger partial charge >= 0.3 is 0 Å². The van der Waals surface area contributed by atoms with Crippen LogP contribution in [0.25, 0.3) is 0 Å². The molecule has 1 unspecified atom stereocenters. The molecular formula is C10H20N2O. The zero-order valence-electron chi connectivity index (χ0n) is 8.42. The van der Waals surface area contributed by atoms with Crippen molar-refractivity contribution in [2.24, 2.45) is 0 Å². The van der Waals surface area contributed by atoms with Gasteiger partial charge in [0.1, 0.15) is 0 Å². The summed E-state index contributed by atoms with van der Waals surface area (Å²) in [6.45, 7) is 3.22. The highest BCUT2D eigenvalue weighted by molar-refractivity contribution is 4.87. The molecule has 0 heterocycles. The van der Waals surface area contributed by atoms with Gasteiger partial charge in [0, 0.05) is 6.61 Å². The number of nitrogens with zero attached hydrogens (tertiary/aromatic N) is 1. The first-order chi connectivity index (χ1) is 6.35. The second kappa shape index (κ2) is 9.50. The van der Waals surface area contributed by atoms with Crippen LogP contribution < -0.4 is 5.32 Å². The third-order valence-corrected chi connectivity index (χ3v) is 2.04. The Morgan fingerprint density at radius 1 is 1.31 bits per heavy atom. The van der Waals surface area contributed by atoms with Gasteiger partial charge in [-0.2, -0.15) is 5.26 Å². The van der Waals surface area contributed by atoms with Crippen LogP contribution in [0.1, 0.15) is 39.0 Å². The summed E-state index contributed by atoms with van der Waals surface area (Å²) < 4.78 is 0. The Bertz CT molecular complexity index is 142. The zero-order valence-corrected chi connectivity index (χ0v) is 8.42. The molecule has 0 aromatic rings. The third kappa shape index (κ3) is 7.76. The standard InChI is InChI=1S/C10H20N2O/c1-2-10(9-11)12-7-5-3-4-6-8-13/h10,12-13H,2-8H2,1H3. The van der Waals surface area contributed by atoms with Gasteiger partial charge in [-0.3, -0.25) is 0 Å². The van der Waals surface area contributed by atoms with E-state index >= 15 is 0 Å². The number of aliphatic hydroxyl groups is 1. The van der Waals surface area contributed by atoms with Crippen molar-refractivity contribution >= 4 is 0 Å². The molecule has 0 saturated carbocycles. The van der Waals surface area contributed by atoms with Gasteiger partial charge in [-0.25, -0.2) is 0 Å². The van der Waals surface area contributed by atoms with Gasteiger partial charge in [0.25, 0.3) is 0 Å². The number of aliphatic hydroxyl groups excluding tert-OH is 1. The van der Waals surface area contributed by atoms with Crippen LogP contribution in [0.2, 0.25) is 0 Å². The number of nitriles is 1. The first-order valence-electron chi connectivity index (χ1n) is 5.09. The molecule has 0 aromatic heterocycles. The summed E-state index contributed by atoms with van der Waals surface area (Å²) in [6, 6.07) is 2.21. The lowest BCUT2D eigenvalue weighted by molar-refractivity contribution is 0.282. The lowest BCUT2D eigenvalue weighted by atomic mass is 10.2. The average molecular weight is 184 g/mol. The molecule has 1 atom stereocenters. The second-order valence-electron chi connectivity index (χ2n) is 3.18. The highest BCUT2D eigenvalue weighted by Crippen LogP contribution is 1.98. The molecule has 0 aliphatic rings. The van der Waals surface area contributed by atoms with E-state index in [1.165, 1.54) is 0 Å². The molecule has 0 aromatic carbocycles. The first-order valence-corrected chi connectivity index (χ1v) is 5.09. The van der Waals surface area contributed by atoms with Crippen LogP contribution in [-0.2, 0) is 0 Å². The van der Waals surface area contributed by atoms with Gasteiger partial charge in [-0.05, 0) is 25.8 Å². The van der Waals surface area contributed by atoms with E-state index in [1.807, 2.05) is 6.92 Å². The van der Waals surface area contributed by atoms with E-state index < -0.39 is 0 Å². The molecule has 0 fully saturated rings. The first kappa shape index (κ1) is 12.4. The molecule has 0 aliphatic heterocycles. The summed E-state index contributed by atoms with van der Waals surface area (Å²) in [5, 5.41) is 20.3. The molecule has 3 heteroatoms. The maximum Gasteiger partial charge on any atom is 0.0950 e. The van der Waals surface area contributed by atoms with Crippen molar-refractivity contribution in [3.8, 4) is 6.07 Å². The Balaban J connectivity index is 3.11. The SMILES string of the molecule is CCC(C#N)NCCCCCCO. The number of hydrogen-bond donors (Lipinski definition) is 2. The number of nitrogens with one attached hydrogen (secondary N) is 1. The fraction of sp³-hybridized carbons (Fsp3) is 0.900. The number of unbranched alkanes of at least 4 members (excludes halogenated alkanes) is 3. The van der Waals surface area contributed by atoms with Crippen LogP contribution >= 0.6 is 0 Å². The Kier molecular flexibility index (Phi) is 9.07. The van der Waals surface area contributed by atoms with Crippen LogP contribution in [-0.4, -0.2) is 24.3 Å². The normalized spacial score (nSPS) is 12.4. The van der Waals surface area contributed by atoms with Crippen molar-refractivity contribution in [1.82, 2.24) is 5.32 Å². The lowest BCUT2D eigenvalue weighted by Gasteiger charge is -2.07. The van der Waals surface area contributed by atoms with E-state index in [9.17, 15) is 0 Å². The minimum Gasteiger partial charge on any atom is -0.396 e. The Morgan fingerprint density at radius 2 is 2.00 bits per heavy atom. The van der Waals surface area contributed by atoms with Crippen LogP contribution in [0.4, 0.5) is 0 Å². The fourth-order valence-electron chi connectivity index (χ4n) is 1.15. The van der Waals surface area contributed by atoms with E-state index in [4.69, 9.17) is 10.4 Å². The van der Waals surface area contributed by atoms with Crippen molar-refractivity contribution < 1.29 is 5.11 Å². The van der Waals surface area contributed by atoms with Gasteiger partial charge in [-0.15, -0.1) is 0 Å². The van der Waals surface area contributed by atoms with Crippen LogP contribution in [0.3, 0.4) is 0 Å². The molecule has 0 amide bonds. The van der Waals surface area contributed by atoms with Crippen molar-refractivity contribution in [1.29, 1.82) is 5.26 Å². The minimum absolute atomic E-state index is 0.0119. The molecule has 0 radical (unpaired) electrons. The van der Waals surface area contributed by atoms with Crippen molar-refractivity contribution in [3.05, 3.63) is 0 Å². The fourth-order valence-corrected chi connectivity index (χ4v) is 1.15. The van der Waals surface area contributed by atoms with Crippen molar-refractivity contribution in [3.63, 3.8) is 0 Å². The summed E-state index contributed by atoms with van der Waals surface area (Å²) in [7, 11) is 0. The molecule has 76 valence electrons. The van der Waals surface area contributed by atoms with E-state index in [-0.39, 0.29) is 6.04 Å². The molecule has 0 aliphatic carbocycles. The molecule has 0 bridgehead atoms. The van der Waals surface area contributed by atoms with Crippen molar-refractivity contribution in [2.75, 3.05) is 13.2 Å². The zero-order chi connectivity index (χ0) is 9.94. The Morgan fingerprint density at radius 3 is 2.54 bits per heavy atom. The van der Waals surface area contributed by atoms with Crippen LogP contribution in [0.15, 0.2) is 0 Å². The molecule has 2 N–H and O–H groups in total. The monoisotopic (exact) mass is 184 g/mol. The highest BCUT2D eigenvalue weighted by atomic mass is 16.2. The molecule has 13 heavy (non-hydrogen) atoms. The average Bonchev–Trinajstić information content (AvgIpc) is 2.17. The molecule has 0 rings (SSSR count). The number of rotatable bonds is 8. The molecule has 3 nitrogen and oxygen atoms in total. The maximum atomic E-state index is 8.62. The molecular weight excluding hydrogens is 164 g/mol. The predicted octanol–water partition coefficient (Wildman–Crippen LogP) is 1.43. The van der Waals surface area contributed by atoms with E-state index in [2.05, 4.69) is 11.4 Å². The van der Waals surface area contributed by atoms with E-state index in [0.717, 1.165) is 38.6 Å². The summed E-state index contributed by atoms with van der Waals surface area (Å²) in [6.07, 6.45) is 5.08. The summed E-state index contributed by atoms with van der Waals surface area (Å²) in [5.41, 5.74) is 0. The number of hydrogen-bond acceptors (Lipinski definition) is 3. The third-order valence-electron chi connectivity index (χ3n) is 2.04. The van der Waals surface area contributed by atoms with E-state index in [0.29, 0.717) is 6.61 Å². The summed E-state index contributed by atoms with van der Waals surface area (Å²) in [5.74, 6) is 0. The van der Waals surface area contributed by atoms with Gasteiger partial charge in [-0.1, -0.05) is 19.8 Å². The van der Waals surface area contributed by atoms with Crippen LogP contribution in [0.5, 0.6) is 0 Å². The molecule has 0 spiro atoms. The minimum atomic E-state index is 0.0119. The lowest BCUT2D eigenvalue weighted by Crippen LogP contribution is -2.27. The highest BCUT2D eigenvalue weighted by Gasteiger charge is 2.00. The van der Waals surface area contributed by atoms with Gasteiger partial charge in [0.15, 0.2) is 0 Å². The van der Waals surface area contributed by atoms with Gasteiger partial charge < -0.3 is 10.4 Å². The van der Waals surface area contributed by atoms with Gasteiger partial charge in [0.2, 0.25) is 0 Å². The summed E-state index contributed by atoms with van der Waals surface area (Å²) in [4.78, 5) is 0. The van der Waals surface area contributed by atoms with E-state index in [1.54, 1.807) is 0 Å². The Hall–Kier alpha value is -0.590. The predicted molar refractivity (Wildman–Crippen MR) is 53.2 cm³/mol.